The fourth-order valence-electron chi connectivity index (χ4n) is 2.37. The summed E-state index contributed by atoms with van der Waals surface area (Å²) in [7, 11) is 0. The van der Waals surface area contributed by atoms with E-state index in [1.807, 2.05) is 0 Å². The van der Waals surface area contributed by atoms with Crippen molar-refractivity contribution in [2.75, 3.05) is 12.0 Å². The van der Waals surface area contributed by atoms with Crippen LogP contribution in [0.4, 0.5) is 5.82 Å². The number of nitrogens with zero attached hydrogens (tertiary/aromatic N) is 1. The third kappa shape index (κ3) is 2.98. The van der Waals surface area contributed by atoms with Gasteiger partial charge in [-0.05, 0) is 30.7 Å². The minimum absolute atomic E-state index is 0.141. The van der Waals surface area contributed by atoms with Gasteiger partial charge in [0.05, 0.1) is 10.6 Å². The van der Waals surface area contributed by atoms with Gasteiger partial charge in [-0.15, -0.1) is 0 Å². The molecule has 1 aliphatic carbocycles. The average Bonchev–Trinajstić information content (AvgIpc) is 2.37. The molecule has 2 rings (SSSR count). The zero-order valence-electron chi connectivity index (χ0n) is 11.0. The van der Waals surface area contributed by atoms with Crippen LogP contribution < -0.4 is 16.6 Å². The molecule has 0 atom stereocenters. The standard InChI is InChI=1S/C13H19ClN4O/c1-2-13(4-3-5-13)8-17-12(19)9-6-10(14)11(18-15)16-7-9/h6-7H,2-5,8,15H2,1H3,(H,16,18)(H,17,19). The summed E-state index contributed by atoms with van der Waals surface area (Å²) < 4.78 is 0. The molecule has 5 nitrogen and oxygen atoms in total. The van der Waals surface area contributed by atoms with Crippen LogP contribution in [0.3, 0.4) is 0 Å². The summed E-state index contributed by atoms with van der Waals surface area (Å²) in [6.07, 6.45) is 6.21. The lowest BCUT2D eigenvalue weighted by Gasteiger charge is -2.41. The van der Waals surface area contributed by atoms with E-state index in [0.717, 1.165) is 13.0 Å². The molecule has 0 aromatic carbocycles. The number of anilines is 1. The molecule has 1 aromatic heterocycles. The van der Waals surface area contributed by atoms with Crippen molar-refractivity contribution in [3.8, 4) is 0 Å². The Kier molecular flexibility index (Phi) is 4.27. The Morgan fingerprint density at radius 1 is 1.58 bits per heavy atom. The number of carbonyl (C=O) groups is 1. The van der Waals surface area contributed by atoms with Crippen molar-refractivity contribution in [2.45, 2.75) is 32.6 Å². The lowest BCUT2D eigenvalue weighted by atomic mass is 9.67. The summed E-state index contributed by atoms with van der Waals surface area (Å²) in [6, 6.07) is 1.57. The van der Waals surface area contributed by atoms with E-state index in [9.17, 15) is 4.79 Å². The van der Waals surface area contributed by atoms with Crippen molar-refractivity contribution in [3.63, 3.8) is 0 Å². The van der Waals surface area contributed by atoms with Crippen molar-refractivity contribution >= 4 is 23.3 Å². The van der Waals surface area contributed by atoms with Gasteiger partial charge in [-0.1, -0.05) is 24.9 Å². The quantitative estimate of drug-likeness (QED) is 0.572. The number of nitrogen functional groups attached to an aromatic ring is 1. The fourth-order valence-corrected chi connectivity index (χ4v) is 2.59. The van der Waals surface area contributed by atoms with Crippen molar-refractivity contribution in [3.05, 3.63) is 22.8 Å². The van der Waals surface area contributed by atoms with Crippen molar-refractivity contribution < 1.29 is 4.79 Å². The third-order valence-corrected chi connectivity index (χ3v) is 4.32. The number of aromatic nitrogens is 1. The maximum atomic E-state index is 12.0. The Bertz CT molecular complexity index is 468. The first-order valence-electron chi connectivity index (χ1n) is 6.50. The zero-order valence-corrected chi connectivity index (χ0v) is 11.8. The number of amides is 1. The van der Waals surface area contributed by atoms with E-state index in [-0.39, 0.29) is 5.91 Å². The molecule has 6 heteroatoms. The molecule has 104 valence electrons. The van der Waals surface area contributed by atoms with Gasteiger partial charge in [0, 0.05) is 12.7 Å². The summed E-state index contributed by atoms with van der Waals surface area (Å²) in [5.41, 5.74) is 3.12. The number of hydrogen-bond donors (Lipinski definition) is 3. The molecular formula is C13H19ClN4O. The summed E-state index contributed by atoms with van der Waals surface area (Å²) in [5, 5.41) is 3.31. The van der Waals surface area contributed by atoms with Crippen LogP contribution in [-0.2, 0) is 0 Å². The van der Waals surface area contributed by atoms with Gasteiger partial charge in [0.1, 0.15) is 0 Å². The van der Waals surface area contributed by atoms with Gasteiger partial charge < -0.3 is 10.7 Å². The number of halogens is 1. The lowest BCUT2D eigenvalue weighted by molar-refractivity contribution is 0.0850. The molecule has 19 heavy (non-hydrogen) atoms. The van der Waals surface area contributed by atoms with Crippen molar-refractivity contribution in [2.24, 2.45) is 11.3 Å². The van der Waals surface area contributed by atoms with E-state index in [4.69, 9.17) is 17.4 Å². The Morgan fingerprint density at radius 2 is 2.32 bits per heavy atom. The van der Waals surface area contributed by atoms with Crippen LogP contribution in [0.15, 0.2) is 12.3 Å². The van der Waals surface area contributed by atoms with Crippen LogP contribution in [0.5, 0.6) is 0 Å². The predicted octanol–water partition coefficient (Wildman–Crippen LogP) is 2.33. The van der Waals surface area contributed by atoms with Gasteiger partial charge in [0.25, 0.3) is 5.91 Å². The van der Waals surface area contributed by atoms with Crippen LogP contribution in [0.2, 0.25) is 5.02 Å². The Morgan fingerprint density at radius 3 is 2.79 bits per heavy atom. The van der Waals surface area contributed by atoms with E-state index in [1.165, 1.54) is 25.5 Å². The minimum atomic E-state index is -0.141. The first-order chi connectivity index (χ1) is 9.10. The molecule has 1 aliphatic rings. The lowest BCUT2D eigenvalue weighted by Crippen LogP contribution is -2.41. The van der Waals surface area contributed by atoms with Gasteiger partial charge in [-0.2, -0.15) is 0 Å². The smallest absolute Gasteiger partial charge is 0.252 e. The second kappa shape index (κ2) is 5.75. The van der Waals surface area contributed by atoms with Crippen molar-refractivity contribution in [1.82, 2.24) is 10.3 Å². The highest BCUT2D eigenvalue weighted by molar-refractivity contribution is 6.33. The number of pyridine rings is 1. The number of rotatable bonds is 5. The largest absolute Gasteiger partial charge is 0.351 e. The molecule has 0 aliphatic heterocycles. The molecule has 1 amide bonds. The highest BCUT2D eigenvalue weighted by atomic mass is 35.5. The van der Waals surface area contributed by atoms with E-state index in [1.54, 1.807) is 6.07 Å². The number of nitrogens with two attached hydrogens (primary N) is 1. The number of hydrogen-bond acceptors (Lipinski definition) is 4. The minimum Gasteiger partial charge on any atom is -0.351 e. The molecule has 0 bridgehead atoms. The molecule has 1 saturated carbocycles. The highest BCUT2D eigenvalue weighted by Gasteiger charge is 2.35. The van der Waals surface area contributed by atoms with Gasteiger partial charge in [-0.3, -0.25) is 4.79 Å². The van der Waals surface area contributed by atoms with Crippen LogP contribution >= 0.6 is 11.6 Å². The summed E-state index contributed by atoms with van der Waals surface area (Å²) >= 11 is 5.94. The first-order valence-corrected chi connectivity index (χ1v) is 6.88. The number of carbonyl (C=O) groups excluding carboxylic acids is 1. The van der Waals surface area contributed by atoms with Crippen LogP contribution in [0.1, 0.15) is 43.0 Å². The Labute approximate surface area is 117 Å². The molecular weight excluding hydrogens is 264 g/mol. The molecule has 0 unspecified atom stereocenters. The Hall–Kier alpha value is -1.33. The van der Waals surface area contributed by atoms with E-state index >= 15 is 0 Å². The predicted molar refractivity (Wildman–Crippen MR) is 76.0 cm³/mol. The average molecular weight is 283 g/mol. The van der Waals surface area contributed by atoms with Crippen LogP contribution in [0.25, 0.3) is 0 Å². The molecule has 1 heterocycles. The van der Waals surface area contributed by atoms with Crippen LogP contribution in [0, 0.1) is 5.41 Å². The fraction of sp³-hybridized carbons (Fsp3) is 0.538. The van der Waals surface area contributed by atoms with E-state index in [2.05, 4.69) is 22.7 Å². The van der Waals surface area contributed by atoms with Gasteiger partial charge in [0.2, 0.25) is 0 Å². The molecule has 1 fully saturated rings. The van der Waals surface area contributed by atoms with Gasteiger partial charge in [-0.25, -0.2) is 10.8 Å². The molecule has 0 radical (unpaired) electrons. The third-order valence-electron chi connectivity index (χ3n) is 4.03. The van der Waals surface area contributed by atoms with E-state index < -0.39 is 0 Å². The van der Waals surface area contributed by atoms with Crippen LogP contribution in [-0.4, -0.2) is 17.4 Å². The maximum absolute atomic E-state index is 12.0. The normalized spacial score (nSPS) is 16.6. The second-order valence-electron chi connectivity index (χ2n) is 5.09. The summed E-state index contributed by atoms with van der Waals surface area (Å²) in [4.78, 5) is 16.0. The SMILES string of the molecule is CCC1(CNC(=O)c2cnc(NN)c(Cl)c2)CCC1. The van der Waals surface area contributed by atoms with Gasteiger partial charge >= 0.3 is 0 Å². The first kappa shape index (κ1) is 14.1. The number of nitrogens with one attached hydrogen (secondary N) is 2. The van der Waals surface area contributed by atoms with Gasteiger partial charge in [0.15, 0.2) is 5.82 Å². The molecule has 0 spiro atoms. The Balaban J connectivity index is 1.98. The molecule has 4 N–H and O–H groups in total. The zero-order chi connectivity index (χ0) is 13.9. The molecule has 0 saturated heterocycles. The highest BCUT2D eigenvalue weighted by Crippen LogP contribution is 2.43. The molecule has 1 aromatic rings. The van der Waals surface area contributed by atoms with Crippen molar-refractivity contribution in [1.29, 1.82) is 0 Å². The second-order valence-corrected chi connectivity index (χ2v) is 5.50. The summed E-state index contributed by atoms with van der Waals surface area (Å²) in [6.45, 7) is 2.89. The monoisotopic (exact) mass is 282 g/mol. The maximum Gasteiger partial charge on any atom is 0.252 e. The van der Waals surface area contributed by atoms with E-state index in [0.29, 0.717) is 21.8 Å². The number of hydrazine groups is 1. The summed E-state index contributed by atoms with van der Waals surface area (Å²) in [5.74, 6) is 5.46. The topological polar surface area (TPSA) is 80.0 Å².